The van der Waals surface area contributed by atoms with Crippen LogP contribution in [-0.2, 0) is 13.0 Å². The average molecular weight is 312 g/mol. The molecule has 0 aliphatic carbocycles. The van der Waals surface area contributed by atoms with E-state index in [1.807, 2.05) is 31.2 Å². The molecule has 3 heterocycles. The molecule has 1 N–H and O–H groups in total. The molecule has 6 heteroatoms. The molecule has 1 aromatic heterocycles. The van der Waals surface area contributed by atoms with Crippen LogP contribution in [0.2, 0.25) is 0 Å². The number of aromatic nitrogens is 3. The first-order valence-electron chi connectivity index (χ1n) is 8.11. The summed E-state index contributed by atoms with van der Waals surface area (Å²) in [5.41, 5.74) is 0.318. The van der Waals surface area contributed by atoms with Crippen molar-refractivity contribution in [3.8, 4) is 5.75 Å². The molecule has 1 fully saturated rings. The Balaban J connectivity index is 1.49. The number of hydrogen-bond donors (Lipinski definition) is 1. The summed E-state index contributed by atoms with van der Waals surface area (Å²) in [5, 5.41) is 7.16. The smallest absolute Gasteiger partial charge is 0.170 e. The van der Waals surface area contributed by atoms with Crippen LogP contribution in [0.3, 0.4) is 0 Å². The van der Waals surface area contributed by atoms with Gasteiger partial charge in [-0.25, -0.2) is 4.98 Å². The largest absolute Gasteiger partial charge is 0.485 e. The first-order valence-corrected chi connectivity index (χ1v) is 8.11. The molecule has 0 bridgehead atoms. The van der Waals surface area contributed by atoms with Crippen LogP contribution in [-0.4, -0.2) is 44.6 Å². The van der Waals surface area contributed by atoms with Crippen LogP contribution in [0, 0.1) is 0 Å². The maximum atomic E-state index is 12.4. The number of ketones is 1. The summed E-state index contributed by atoms with van der Waals surface area (Å²) in [7, 11) is 0. The van der Waals surface area contributed by atoms with Crippen molar-refractivity contribution in [2.24, 2.45) is 0 Å². The molecule has 6 nitrogen and oxygen atoms in total. The van der Waals surface area contributed by atoms with E-state index in [9.17, 15) is 4.79 Å². The number of ether oxygens (including phenoxy) is 1. The minimum Gasteiger partial charge on any atom is -0.485 e. The highest BCUT2D eigenvalue weighted by atomic mass is 16.5. The Morgan fingerprint density at radius 1 is 1.39 bits per heavy atom. The highest BCUT2D eigenvalue weighted by molar-refractivity contribution is 6.00. The molecule has 1 atom stereocenters. The number of Topliss-reactive ketones (excluding diaryl/α,β-unsaturated/α-hetero) is 1. The Bertz CT molecular complexity index is 742. The molecular weight excluding hydrogens is 292 g/mol. The number of aryl methyl sites for hydroxylation is 1. The number of hydrogen-bond acceptors (Lipinski definition) is 5. The van der Waals surface area contributed by atoms with Gasteiger partial charge in [-0.1, -0.05) is 19.1 Å². The lowest BCUT2D eigenvalue weighted by molar-refractivity contribution is 0.0454. The third-order valence-electron chi connectivity index (χ3n) is 4.66. The van der Waals surface area contributed by atoms with Gasteiger partial charge in [-0.3, -0.25) is 14.8 Å². The first-order chi connectivity index (χ1) is 11.2. The lowest BCUT2D eigenvalue weighted by Crippen LogP contribution is -2.44. The fourth-order valence-corrected chi connectivity index (χ4v) is 3.51. The number of fused-ring (bicyclic) bond motifs is 1. The average Bonchev–Trinajstić information content (AvgIpc) is 3.15. The lowest BCUT2D eigenvalue weighted by atomic mass is 9.89. The van der Waals surface area contributed by atoms with E-state index in [0.29, 0.717) is 18.5 Å². The molecule has 23 heavy (non-hydrogen) atoms. The number of rotatable bonds is 3. The van der Waals surface area contributed by atoms with Crippen molar-refractivity contribution < 1.29 is 9.53 Å². The maximum absolute atomic E-state index is 12.4. The number of benzene rings is 1. The molecule has 120 valence electrons. The van der Waals surface area contributed by atoms with Crippen molar-refractivity contribution in [3.05, 3.63) is 41.5 Å². The molecule has 0 amide bonds. The Morgan fingerprint density at radius 2 is 2.26 bits per heavy atom. The fraction of sp³-hybridized carbons (Fsp3) is 0.471. The Morgan fingerprint density at radius 3 is 3.09 bits per heavy atom. The summed E-state index contributed by atoms with van der Waals surface area (Å²) in [6.07, 6.45) is 2.15. The molecule has 2 aromatic rings. The Kier molecular flexibility index (Phi) is 3.41. The zero-order chi connectivity index (χ0) is 15.9. The van der Waals surface area contributed by atoms with Gasteiger partial charge in [0.15, 0.2) is 5.78 Å². The van der Waals surface area contributed by atoms with Crippen LogP contribution in [0.5, 0.6) is 5.75 Å². The van der Waals surface area contributed by atoms with Gasteiger partial charge in [-0.2, -0.15) is 5.10 Å². The van der Waals surface area contributed by atoms with Crippen LogP contribution in [0.4, 0.5) is 0 Å². The van der Waals surface area contributed by atoms with Gasteiger partial charge in [0.25, 0.3) is 0 Å². The predicted molar refractivity (Wildman–Crippen MR) is 84.4 cm³/mol. The van der Waals surface area contributed by atoms with Gasteiger partial charge in [0, 0.05) is 25.9 Å². The van der Waals surface area contributed by atoms with E-state index in [0.717, 1.165) is 43.3 Å². The number of para-hydroxylation sites is 1. The number of H-pyrrole nitrogens is 1. The minimum absolute atomic E-state index is 0.182. The highest BCUT2D eigenvalue weighted by Gasteiger charge is 2.45. The molecule has 0 radical (unpaired) electrons. The number of carbonyl (C=O) groups is 1. The summed E-state index contributed by atoms with van der Waals surface area (Å²) in [6, 6.07) is 7.53. The van der Waals surface area contributed by atoms with Crippen LogP contribution < -0.4 is 4.74 Å². The number of carbonyl (C=O) groups excluding carboxylic acids is 1. The predicted octanol–water partition coefficient (Wildman–Crippen LogP) is 1.98. The normalized spacial score (nSPS) is 24.0. The molecule has 4 rings (SSSR count). The van der Waals surface area contributed by atoms with Gasteiger partial charge in [0.2, 0.25) is 0 Å². The van der Waals surface area contributed by atoms with Crippen molar-refractivity contribution in [1.82, 2.24) is 20.1 Å². The summed E-state index contributed by atoms with van der Waals surface area (Å²) in [5.74, 6) is 2.62. The summed E-state index contributed by atoms with van der Waals surface area (Å²) >= 11 is 0. The monoisotopic (exact) mass is 312 g/mol. The van der Waals surface area contributed by atoms with Gasteiger partial charge in [-0.05, 0) is 12.1 Å². The highest BCUT2D eigenvalue weighted by Crippen LogP contribution is 2.38. The van der Waals surface area contributed by atoms with Gasteiger partial charge in [0.05, 0.1) is 18.5 Å². The van der Waals surface area contributed by atoms with Crippen LogP contribution in [0.1, 0.15) is 41.8 Å². The van der Waals surface area contributed by atoms with Crippen molar-refractivity contribution in [3.63, 3.8) is 0 Å². The second-order valence-electron chi connectivity index (χ2n) is 6.39. The van der Waals surface area contributed by atoms with Gasteiger partial charge < -0.3 is 4.74 Å². The van der Waals surface area contributed by atoms with Crippen LogP contribution in [0.25, 0.3) is 0 Å². The van der Waals surface area contributed by atoms with Gasteiger partial charge >= 0.3 is 0 Å². The van der Waals surface area contributed by atoms with Gasteiger partial charge in [-0.15, -0.1) is 0 Å². The second-order valence-corrected chi connectivity index (χ2v) is 6.39. The molecule has 0 unspecified atom stereocenters. The number of aromatic amines is 1. The Labute approximate surface area is 134 Å². The summed E-state index contributed by atoms with van der Waals surface area (Å²) < 4.78 is 6.24. The summed E-state index contributed by atoms with van der Waals surface area (Å²) in [4.78, 5) is 19.2. The third-order valence-corrected chi connectivity index (χ3v) is 4.66. The number of nitrogens with zero attached hydrogens (tertiary/aromatic N) is 3. The van der Waals surface area contributed by atoms with Crippen LogP contribution >= 0.6 is 0 Å². The van der Waals surface area contributed by atoms with E-state index in [-0.39, 0.29) is 11.4 Å². The molecule has 2 aliphatic heterocycles. The third kappa shape index (κ3) is 2.63. The van der Waals surface area contributed by atoms with E-state index in [4.69, 9.17) is 4.74 Å². The Hall–Kier alpha value is -2.21. The first kappa shape index (κ1) is 14.4. The second kappa shape index (κ2) is 5.45. The fourth-order valence-electron chi connectivity index (χ4n) is 3.51. The van der Waals surface area contributed by atoms with E-state index in [2.05, 4.69) is 20.1 Å². The topological polar surface area (TPSA) is 71.1 Å². The van der Waals surface area contributed by atoms with E-state index in [1.54, 1.807) is 0 Å². The number of likely N-dealkylation sites (tertiary alicyclic amines) is 1. The maximum Gasteiger partial charge on any atom is 0.170 e. The van der Waals surface area contributed by atoms with Crippen molar-refractivity contribution in [2.75, 3.05) is 13.1 Å². The van der Waals surface area contributed by atoms with E-state index >= 15 is 0 Å². The zero-order valence-corrected chi connectivity index (χ0v) is 13.2. The van der Waals surface area contributed by atoms with Crippen molar-refractivity contribution >= 4 is 5.78 Å². The summed E-state index contributed by atoms with van der Waals surface area (Å²) in [6.45, 7) is 4.40. The molecule has 0 saturated carbocycles. The molecule has 2 aliphatic rings. The molecule has 1 saturated heterocycles. The van der Waals surface area contributed by atoms with E-state index in [1.165, 1.54) is 0 Å². The molecule has 1 aromatic carbocycles. The zero-order valence-electron chi connectivity index (χ0n) is 13.2. The quantitative estimate of drug-likeness (QED) is 0.938. The SMILES string of the molecule is CCc1n[nH]c(CN2CC[C@@]3(CC(=O)c4ccccc4O3)C2)n1. The standard InChI is InChI=1S/C17H20N4O2/c1-2-15-18-16(20-19-15)10-21-8-7-17(11-21)9-13(22)12-5-3-4-6-14(12)23-17/h3-6H,2,7-11H2,1H3,(H,18,19,20)/t17-/m1/s1. The number of nitrogens with one attached hydrogen (secondary N) is 1. The molecular formula is C17H20N4O2. The van der Waals surface area contributed by atoms with Crippen molar-refractivity contribution in [1.29, 1.82) is 0 Å². The minimum atomic E-state index is -0.390. The van der Waals surface area contributed by atoms with Crippen molar-refractivity contribution in [2.45, 2.75) is 38.3 Å². The van der Waals surface area contributed by atoms with Gasteiger partial charge in [0.1, 0.15) is 23.0 Å². The molecule has 1 spiro atoms. The van der Waals surface area contributed by atoms with E-state index < -0.39 is 0 Å². The van der Waals surface area contributed by atoms with Crippen LogP contribution in [0.15, 0.2) is 24.3 Å². The lowest BCUT2D eigenvalue weighted by Gasteiger charge is -2.34.